The van der Waals surface area contributed by atoms with Crippen molar-refractivity contribution in [2.45, 2.75) is 111 Å². The van der Waals surface area contributed by atoms with E-state index < -0.39 is 0 Å². The van der Waals surface area contributed by atoms with Crippen molar-refractivity contribution in [2.75, 3.05) is 0 Å². The summed E-state index contributed by atoms with van der Waals surface area (Å²) >= 11 is 0. The molecule has 0 aromatic heterocycles. The molecule has 0 unspecified atom stereocenters. The smallest absolute Gasteiger partial charge is 0.0323 e. The van der Waals surface area contributed by atoms with Gasteiger partial charge in [-0.05, 0) is 26.7 Å². The zero-order valence-corrected chi connectivity index (χ0v) is 14.0. The van der Waals surface area contributed by atoms with E-state index in [1.807, 2.05) is 0 Å². The van der Waals surface area contributed by atoms with Crippen molar-refractivity contribution in [3.63, 3.8) is 0 Å². The summed E-state index contributed by atoms with van der Waals surface area (Å²) in [7, 11) is 0. The van der Waals surface area contributed by atoms with Gasteiger partial charge < -0.3 is 0 Å². The van der Waals surface area contributed by atoms with Crippen LogP contribution < -0.4 is 0 Å². The fourth-order valence-electron chi connectivity index (χ4n) is 2.57. The fourth-order valence-corrected chi connectivity index (χ4v) is 2.57. The van der Waals surface area contributed by atoms with Gasteiger partial charge >= 0.3 is 0 Å². The lowest BCUT2D eigenvalue weighted by Gasteiger charge is -2.03. The molecule has 0 spiro atoms. The van der Waals surface area contributed by atoms with Gasteiger partial charge in [-0.2, -0.15) is 0 Å². The largest absolute Gasteiger partial charge is 0.0887 e. The van der Waals surface area contributed by atoms with Crippen LogP contribution in [0.25, 0.3) is 0 Å². The van der Waals surface area contributed by atoms with Crippen LogP contribution in [0.5, 0.6) is 0 Å². The molecule has 0 aliphatic heterocycles. The molecule has 0 atom stereocenters. The Labute approximate surface area is 123 Å². The van der Waals surface area contributed by atoms with Crippen molar-refractivity contribution in [1.82, 2.24) is 0 Å². The van der Waals surface area contributed by atoms with Gasteiger partial charge in [0.15, 0.2) is 0 Å². The molecule has 0 aromatic carbocycles. The lowest BCUT2D eigenvalue weighted by molar-refractivity contribution is 0.539. The summed E-state index contributed by atoms with van der Waals surface area (Å²) in [6.07, 6.45) is 22.4. The zero-order valence-electron chi connectivity index (χ0n) is 14.0. The molecule has 0 aliphatic carbocycles. The fraction of sp³-hybridized carbons (Fsp3) is 0.895. The summed E-state index contributed by atoms with van der Waals surface area (Å²) in [5.41, 5.74) is 1.56. The molecule has 0 amide bonds. The van der Waals surface area contributed by atoms with Crippen molar-refractivity contribution >= 4 is 0 Å². The second-order valence-corrected chi connectivity index (χ2v) is 6.13. The van der Waals surface area contributed by atoms with Crippen molar-refractivity contribution in [1.29, 1.82) is 0 Å². The van der Waals surface area contributed by atoms with Crippen LogP contribution in [0.4, 0.5) is 0 Å². The summed E-state index contributed by atoms with van der Waals surface area (Å²) in [5, 5.41) is 0. The van der Waals surface area contributed by atoms with Crippen LogP contribution in [0.15, 0.2) is 11.6 Å². The van der Waals surface area contributed by atoms with E-state index >= 15 is 0 Å². The van der Waals surface area contributed by atoms with Gasteiger partial charge in [-0.15, -0.1) is 0 Å². The highest BCUT2D eigenvalue weighted by atomic mass is 14.0. The third kappa shape index (κ3) is 15.7. The van der Waals surface area contributed by atoms with E-state index in [0.29, 0.717) is 0 Å². The van der Waals surface area contributed by atoms with Gasteiger partial charge in [0.1, 0.15) is 0 Å². The van der Waals surface area contributed by atoms with Gasteiger partial charge in [-0.3, -0.25) is 0 Å². The predicted octanol–water partition coefficient (Wildman–Crippen LogP) is 7.43. The molecule has 0 rings (SSSR count). The molecule has 0 fully saturated rings. The Bertz CT molecular complexity index is 190. The van der Waals surface area contributed by atoms with Crippen molar-refractivity contribution in [2.24, 2.45) is 0 Å². The average Bonchev–Trinajstić information content (AvgIpc) is 2.43. The minimum absolute atomic E-state index is 1.31. The molecule has 0 aromatic rings. The Morgan fingerprint density at radius 2 is 1.00 bits per heavy atom. The van der Waals surface area contributed by atoms with E-state index in [-0.39, 0.29) is 0 Å². The molecule has 0 saturated carbocycles. The molecule has 0 saturated heterocycles. The highest BCUT2D eigenvalue weighted by Gasteiger charge is 1.94. The van der Waals surface area contributed by atoms with E-state index in [2.05, 4.69) is 26.8 Å². The quantitative estimate of drug-likeness (QED) is 0.226. The first-order valence-corrected chi connectivity index (χ1v) is 8.93. The third-order valence-corrected chi connectivity index (χ3v) is 4.17. The zero-order chi connectivity index (χ0) is 14.2. The first-order chi connectivity index (χ1) is 9.31. The van der Waals surface area contributed by atoms with Gasteiger partial charge in [0, 0.05) is 0 Å². The molecule has 0 aliphatic rings. The second kappa shape index (κ2) is 15.8. The van der Waals surface area contributed by atoms with Crippen LogP contribution in [0.2, 0.25) is 0 Å². The summed E-state index contributed by atoms with van der Waals surface area (Å²) in [6.45, 7) is 6.69. The van der Waals surface area contributed by atoms with Crippen molar-refractivity contribution in [3.8, 4) is 0 Å². The minimum atomic E-state index is 1.31. The van der Waals surface area contributed by atoms with Gasteiger partial charge in [0.25, 0.3) is 0 Å². The second-order valence-electron chi connectivity index (χ2n) is 6.13. The molecule has 114 valence electrons. The lowest BCUT2D eigenvalue weighted by atomic mass is 10.0. The van der Waals surface area contributed by atoms with Crippen LogP contribution in [0, 0.1) is 0 Å². The average molecular weight is 267 g/mol. The predicted molar refractivity (Wildman–Crippen MR) is 89.7 cm³/mol. The molecular weight excluding hydrogens is 228 g/mol. The summed E-state index contributed by atoms with van der Waals surface area (Å²) in [6, 6.07) is 0. The van der Waals surface area contributed by atoms with E-state index in [9.17, 15) is 0 Å². The number of unbranched alkanes of at least 4 members (excludes halogenated alkanes) is 12. The number of hydrogen-bond acceptors (Lipinski definition) is 0. The van der Waals surface area contributed by atoms with E-state index in [1.54, 1.807) is 5.57 Å². The summed E-state index contributed by atoms with van der Waals surface area (Å²) in [5.74, 6) is 0. The van der Waals surface area contributed by atoms with Crippen LogP contribution in [-0.2, 0) is 0 Å². The maximum Gasteiger partial charge on any atom is -0.0323 e. The van der Waals surface area contributed by atoms with Crippen LogP contribution in [0.1, 0.15) is 111 Å². The number of rotatable bonds is 14. The highest BCUT2D eigenvalue weighted by molar-refractivity contribution is 4.94. The van der Waals surface area contributed by atoms with E-state index in [1.165, 1.54) is 89.9 Å². The standard InChI is InChI=1S/C19H38/c1-4-6-7-8-9-10-11-12-13-14-15-16-17-18-19(3)5-2/h5H,4,6-18H2,1-3H3. The number of allylic oxidation sites excluding steroid dienone is 2. The minimum Gasteiger partial charge on any atom is -0.0887 e. The Balaban J connectivity index is 2.99. The van der Waals surface area contributed by atoms with Crippen LogP contribution in [-0.4, -0.2) is 0 Å². The summed E-state index contributed by atoms with van der Waals surface area (Å²) in [4.78, 5) is 0. The molecule has 0 N–H and O–H groups in total. The van der Waals surface area contributed by atoms with Crippen LogP contribution >= 0.6 is 0 Å². The normalized spacial score (nSPS) is 12.1. The van der Waals surface area contributed by atoms with Gasteiger partial charge in [-0.1, -0.05) is 95.6 Å². The molecule has 0 nitrogen and oxygen atoms in total. The van der Waals surface area contributed by atoms with Gasteiger partial charge in [-0.25, -0.2) is 0 Å². The summed E-state index contributed by atoms with van der Waals surface area (Å²) < 4.78 is 0. The van der Waals surface area contributed by atoms with Crippen molar-refractivity contribution < 1.29 is 0 Å². The first kappa shape index (κ1) is 18.7. The maximum absolute atomic E-state index is 2.29. The monoisotopic (exact) mass is 266 g/mol. The topological polar surface area (TPSA) is 0 Å². The Kier molecular flexibility index (Phi) is 15.6. The number of hydrogen-bond donors (Lipinski definition) is 0. The SMILES string of the molecule is CC=C(C)CCCCCCCCCCCCCCC. The molecule has 0 bridgehead atoms. The highest BCUT2D eigenvalue weighted by Crippen LogP contribution is 2.14. The van der Waals surface area contributed by atoms with E-state index in [4.69, 9.17) is 0 Å². The molecular formula is C19H38. The molecule has 0 radical (unpaired) electrons. The van der Waals surface area contributed by atoms with Gasteiger partial charge in [0.2, 0.25) is 0 Å². The third-order valence-electron chi connectivity index (χ3n) is 4.17. The van der Waals surface area contributed by atoms with Gasteiger partial charge in [0.05, 0.1) is 0 Å². The lowest BCUT2D eigenvalue weighted by Crippen LogP contribution is -1.83. The van der Waals surface area contributed by atoms with Crippen molar-refractivity contribution in [3.05, 3.63) is 11.6 Å². The Hall–Kier alpha value is -0.260. The molecule has 19 heavy (non-hydrogen) atoms. The Morgan fingerprint density at radius 3 is 1.37 bits per heavy atom. The molecule has 0 heteroatoms. The first-order valence-electron chi connectivity index (χ1n) is 8.93. The van der Waals surface area contributed by atoms with E-state index in [0.717, 1.165) is 0 Å². The maximum atomic E-state index is 2.29. The molecule has 0 heterocycles. The Morgan fingerprint density at radius 1 is 0.632 bits per heavy atom. The van der Waals surface area contributed by atoms with Crippen LogP contribution in [0.3, 0.4) is 0 Å².